The van der Waals surface area contributed by atoms with Crippen LogP contribution in [0.3, 0.4) is 0 Å². The van der Waals surface area contributed by atoms with Gasteiger partial charge in [-0.3, -0.25) is 0 Å². The molecule has 84 valence electrons. The SMILES string of the molecule is Cc1nc(C)c(CNCC2CC(O)C2)s1. The molecule has 2 rings (SSSR count). The van der Waals surface area contributed by atoms with E-state index in [1.807, 2.05) is 6.92 Å². The molecule has 0 spiro atoms. The van der Waals surface area contributed by atoms with Gasteiger partial charge in [0.1, 0.15) is 0 Å². The Balaban J connectivity index is 1.71. The number of nitrogens with one attached hydrogen (secondary N) is 1. The zero-order valence-corrected chi connectivity index (χ0v) is 10.1. The summed E-state index contributed by atoms with van der Waals surface area (Å²) in [6.07, 6.45) is 1.89. The van der Waals surface area contributed by atoms with Gasteiger partial charge in [0.2, 0.25) is 0 Å². The van der Waals surface area contributed by atoms with Crippen molar-refractivity contribution in [1.82, 2.24) is 10.3 Å². The van der Waals surface area contributed by atoms with Crippen LogP contribution in [0.15, 0.2) is 0 Å². The predicted octanol–water partition coefficient (Wildman–Crippen LogP) is 1.62. The average Bonchev–Trinajstić information content (AvgIpc) is 2.42. The van der Waals surface area contributed by atoms with Crippen molar-refractivity contribution >= 4 is 11.3 Å². The molecule has 1 saturated carbocycles. The van der Waals surface area contributed by atoms with Crippen molar-refractivity contribution in [3.8, 4) is 0 Å². The number of aliphatic hydroxyl groups is 1. The summed E-state index contributed by atoms with van der Waals surface area (Å²) in [5.41, 5.74) is 1.15. The van der Waals surface area contributed by atoms with Crippen LogP contribution in [0.2, 0.25) is 0 Å². The molecule has 0 atom stereocenters. The van der Waals surface area contributed by atoms with Crippen LogP contribution in [-0.4, -0.2) is 22.7 Å². The Morgan fingerprint density at radius 2 is 2.20 bits per heavy atom. The molecule has 1 aromatic rings. The van der Waals surface area contributed by atoms with E-state index in [4.69, 9.17) is 5.11 Å². The van der Waals surface area contributed by atoms with Gasteiger partial charge < -0.3 is 10.4 Å². The molecule has 1 fully saturated rings. The van der Waals surface area contributed by atoms with Crippen molar-refractivity contribution in [3.63, 3.8) is 0 Å². The Hall–Kier alpha value is -0.450. The van der Waals surface area contributed by atoms with Crippen LogP contribution >= 0.6 is 11.3 Å². The molecule has 0 aromatic carbocycles. The number of thiazole rings is 1. The highest BCUT2D eigenvalue weighted by Crippen LogP contribution is 2.26. The molecule has 0 aliphatic heterocycles. The predicted molar refractivity (Wildman–Crippen MR) is 62.0 cm³/mol. The summed E-state index contributed by atoms with van der Waals surface area (Å²) in [5, 5.41) is 13.7. The molecule has 1 heterocycles. The first-order valence-electron chi connectivity index (χ1n) is 5.47. The largest absolute Gasteiger partial charge is 0.393 e. The molecule has 3 nitrogen and oxygen atoms in total. The minimum Gasteiger partial charge on any atom is -0.393 e. The molecular weight excluding hydrogens is 208 g/mol. The van der Waals surface area contributed by atoms with E-state index in [0.717, 1.165) is 36.6 Å². The molecule has 2 N–H and O–H groups in total. The highest BCUT2D eigenvalue weighted by molar-refractivity contribution is 7.11. The molecule has 1 aromatic heterocycles. The normalized spacial score (nSPS) is 25.3. The number of aliphatic hydroxyl groups excluding tert-OH is 1. The average molecular weight is 226 g/mol. The maximum atomic E-state index is 9.15. The van der Waals surface area contributed by atoms with Gasteiger partial charge in [0, 0.05) is 11.4 Å². The maximum absolute atomic E-state index is 9.15. The summed E-state index contributed by atoms with van der Waals surface area (Å²) in [4.78, 5) is 5.73. The number of aromatic nitrogens is 1. The van der Waals surface area contributed by atoms with E-state index in [2.05, 4.69) is 17.2 Å². The van der Waals surface area contributed by atoms with Gasteiger partial charge in [-0.15, -0.1) is 11.3 Å². The third-order valence-electron chi connectivity index (χ3n) is 2.93. The molecule has 4 heteroatoms. The zero-order chi connectivity index (χ0) is 10.8. The Kier molecular flexibility index (Phi) is 3.38. The summed E-state index contributed by atoms with van der Waals surface area (Å²) in [6, 6.07) is 0. The van der Waals surface area contributed by atoms with Gasteiger partial charge in [0.25, 0.3) is 0 Å². The van der Waals surface area contributed by atoms with Crippen molar-refractivity contribution in [1.29, 1.82) is 0 Å². The van der Waals surface area contributed by atoms with E-state index < -0.39 is 0 Å². The fourth-order valence-corrected chi connectivity index (χ4v) is 2.90. The lowest BCUT2D eigenvalue weighted by Crippen LogP contribution is -2.35. The summed E-state index contributed by atoms with van der Waals surface area (Å²) in [5.74, 6) is 0.675. The van der Waals surface area contributed by atoms with E-state index in [1.54, 1.807) is 11.3 Å². The fraction of sp³-hybridized carbons (Fsp3) is 0.727. The zero-order valence-electron chi connectivity index (χ0n) is 9.29. The van der Waals surface area contributed by atoms with Gasteiger partial charge in [0.15, 0.2) is 0 Å². The van der Waals surface area contributed by atoms with Crippen molar-refractivity contribution in [2.45, 2.75) is 39.3 Å². The molecule has 0 radical (unpaired) electrons. The van der Waals surface area contributed by atoms with Gasteiger partial charge in [0.05, 0.1) is 16.8 Å². The lowest BCUT2D eigenvalue weighted by molar-refractivity contribution is 0.0430. The first-order chi connectivity index (χ1) is 7.15. The number of rotatable bonds is 4. The highest BCUT2D eigenvalue weighted by Gasteiger charge is 2.26. The van der Waals surface area contributed by atoms with Crippen LogP contribution in [-0.2, 0) is 6.54 Å². The van der Waals surface area contributed by atoms with E-state index >= 15 is 0 Å². The first-order valence-corrected chi connectivity index (χ1v) is 6.28. The molecule has 0 amide bonds. The Morgan fingerprint density at radius 1 is 1.47 bits per heavy atom. The van der Waals surface area contributed by atoms with Crippen molar-refractivity contribution in [2.24, 2.45) is 5.92 Å². The standard InChI is InChI=1S/C11H18N2OS/c1-7-11(15-8(2)13-7)6-12-5-9-3-10(14)4-9/h9-10,12,14H,3-6H2,1-2H3. The second-order valence-corrected chi connectivity index (χ2v) is 5.65. The summed E-state index contributed by atoms with van der Waals surface area (Å²) < 4.78 is 0. The summed E-state index contributed by atoms with van der Waals surface area (Å²) in [6.45, 7) is 6.05. The van der Waals surface area contributed by atoms with Gasteiger partial charge in [-0.25, -0.2) is 4.98 Å². The number of aryl methyl sites for hydroxylation is 2. The second-order valence-electron chi connectivity index (χ2n) is 4.36. The second kappa shape index (κ2) is 4.60. The van der Waals surface area contributed by atoms with E-state index in [9.17, 15) is 0 Å². The fourth-order valence-electron chi connectivity index (χ4n) is 1.99. The topological polar surface area (TPSA) is 45.2 Å². The minimum absolute atomic E-state index is 0.0378. The molecule has 15 heavy (non-hydrogen) atoms. The molecule has 0 unspecified atom stereocenters. The van der Waals surface area contributed by atoms with Gasteiger partial charge in [-0.2, -0.15) is 0 Å². The lowest BCUT2D eigenvalue weighted by Gasteiger charge is -2.31. The van der Waals surface area contributed by atoms with Crippen LogP contribution in [0.5, 0.6) is 0 Å². The van der Waals surface area contributed by atoms with Crippen LogP contribution in [0, 0.1) is 19.8 Å². The van der Waals surface area contributed by atoms with Crippen molar-refractivity contribution in [2.75, 3.05) is 6.54 Å². The van der Waals surface area contributed by atoms with E-state index in [1.165, 1.54) is 4.88 Å². The van der Waals surface area contributed by atoms with Gasteiger partial charge in [-0.1, -0.05) is 0 Å². The molecule has 1 aliphatic rings. The van der Waals surface area contributed by atoms with Crippen LogP contribution in [0.4, 0.5) is 0 Å². The van der Waals surface area contributed by atoms with E-state index in [0.29, 0.717) is 5.92 Å². The smallest absolute Gasteiger partial charge is 0.0900 e. The minimum atomic E-state index is -0.0378. The van der Waals surface area contributed by atoms with Crippen molar-refractivity contribution in [3.05, 3.63) is 15.6 Å². The Bertz CT molecular complexity index is 331. The first kappa shape index (κ1) is 11.0. The third-order valence-corrected chi connectivity index (χ3v) is 4.00. The monoisotopic (exact) mass is 226 g/mol. The lowest BCUT2D eigenvalue weighted by atomic mass is 9.82. The number of hydrogen-bond acceptors (Lipinski definition) is 4. The molecular formula is C11H18N2OS. The van der Waals surface area contributed by atoms with Crippen LogP contribution in [0.25, 0.3) is 0 Å². The van der Waals surface area contributed by atoms with Gasteiger partial charge in [-0.05, 0) is 39.2 Å². The highest BCUT2D eigenvalue weighted by atomic mass is 32.1. The van der Waals surface area contributed by atoms with Crippen molar-refractivity contribution < 1.29 is 5.11 Å². The number of nitrogens with zero attached hydrogens (tertiary/aromatic N) is 1. The summed E-state index contributed by atoms with van der Waals surface area (Å²) in [7, 11) is 0. The van der Waals surface area contributed by atoms with E-state index in [-0.39, 0.29) is 6.10 Å². The molecule has 0 bridgehead atoms. The molecule has 1 aliphatic carbocycles. The van der Waals surface area contributed by atoms with Gasteiger partial charge >= 0.3 is 0 Å². The number of hydrogen-bond donors (Lipinski definition) is 2. The van der Waals surface area contributed by atoms with Crippen LogP contribution in [0.1, 0.15) is 28.4 Å². The Morgan fingerprint density at radius 3 is 2.73 bits per heavy atom. The summed E-state index contributed by atoms with van der Waals surface area (Å²) >= 11 is 1.77. The third kappa shape index (κ3) is 2.77. The quantitative estimate of drug-likeness (QED) is 0.820. The Labute approximate surface area is 94.5 Å². The molecule has 0 saturated heterocycles. The maximum Gasteiger partial charge on any atom is 0.0900 e. The van der Waals surface area contributed by atoms with Crippen LogP contribution < -0.4 is 5.32 Å².